The number of carbonyl (C=O) groups is 2. The van der Waals surface area contributed by atoms with Crippen LogP contribution in [-0.4, -0.2) is 43.3 Å². The summed E-state index contributed by atoms with van der Waals surface area (Å²) in [6.45, 7) is 23.5. The number of hydrogen-bond donors (Lipinski definition) is 4. The van der Waals surface area contributed by atoms with Crippen LogP contribution in [0.2, 0.25) is 0 Å². The Morgan fingerprint density at radius 3 is 1.25 bits per heavy atom. The summed E-state index contributed by atoms with van der Waals surface area (Å²) < 4.78 is 11.1. The molecule has 0 aliphatic heterocycles. The third-order valence-corrected chi connectivity index (χ3v) is 8.92. The van der Waals surface area contributed by atoms with E-state index < -0.39 is 23.4 Å². The highest BCUT2D eigenvalue weighted by molar-refractivity contribution is 6.07. The Morgan fingerprint density at radius 1 is 0.558 bits per heavy atom. The molecule has 2 amide bonds. The minimum Gasteiger partial charge on any atom is -0.444 e. The van der Waals surface area contributed by atoms with E-state index in [-0.39, 0.29) is 22.9 Å². The second kappa shape index (κ2) is 12.8. The van der Waals surface area contributed by atoms with Gasteiger partial charge in [0.15, 0.2) is 0 Å². The molecule has 274 valence electrons. The smallest absolute Gasteiger partial charge is 0.408 e. The Balaban J connectivity index is 1.31. The van der Waals surface area contributed by atoms with Crippen LogP contribution in [0.25, 0.3) is 54.7 Å². The molecule has 4 aromatic carbocycles. The number of rotatable bonds is 5. The van der Waals surface area contributed by atoms with Crippen LogP contribution < -0.4 is 10.6 Å². The number of aromatic nitrogens is 4. The lowest BCUT2D eigenvalue weighted by Gasteiger charge is -2.31. The summed E-state index contributed by atoms with van der Waals surface area (Å²) in [5.74, 6) is 1.37. The largest absolute Gasteiger partial charge is 0.444 e. The number of carbonyl (C=O) groups excluding carboxylic acids is 2. The number of fused-ring (bicyclic) bond motifs is 6. The number of imidazole rings is 2. The molecule has 0 aliphatic rings. The SMILES string of the molecule is CC(C)(C)OC(=O)NC(c1nc2ccc3cc(-c4ccc5c(ccc6nc(C(NC(=O)OC(C)(C)C)C(C)(C)C)[nH]c65)c4)ccc3c2[nH]1)C(C)(C)C. The first kappa shape index (κ1) is 36.7. The molecule has 0 spiro atoms. The molecule has 2 heterocycles. The van der Waals surface area contributed by atoms with Crippen LogP contribution in [0.15, 0.2) is 60.7 Å². The van der Waals surface area contributed by atoms with Crippen molar-refractivity contribution in [3.63, 3.8) is 0 Å². The fraction of sp³-hybridized carbons (Fsp3) is 0.429. The maximum atomic E-state index is 12.8. The van der Waals surface area contributed by atoms with Crippen LogP contribution in [0, 0.1) is 10.8 Å². The summed E-state index contributed by atoms with van der Waals surface area (Å²) in [5.41, 5.74) is 3.84. The first-order valence-corrected chi connectivity index (χ1v) is 17.9. The first-order valence-electron chi connectivity index (χ1n) is 17.9. The van der Waals surface area contributed by atoms with Gasteiger partial charge in [0.25, 0.3) is 0 Å². The highest BCUT2D eigenvalue weighted by Crippen LogP contribution is 2.37. The summed E-state index contributed by atoms with van der Waals surface area (Å²) in [5, 5.41) is 10.3. The van der Waals surface area contributed by atoms with E-state index in [1.165, 1.54) is 0 Å². The molecule has 10 nitrogen and oxygen atoms in total. The van der Waals surface area contributed by atoms with Crippen LogP contribution >= 0.6 is 0 Å². The van der Waals surface area contributed by atoms with Gasteiger partial charge in [0.2, 0.25) is 0 Å². The van der Waals surface area contributed by atoms with Gasteiger partial charge in [-0.2, -0.15) is 0 Å². The van der Waals surface area contributed by atoms with E-state index in [9.17, 15) is 9.59 Å². The average molecular weight is 705 g/mol. The van der Waals surface area contributed by atoms with Crippen LogP contribution in [0.1, 0.15) is 107 Å². The molecule has 6 rings (SSSR count). The molecule has 2 aromatic heterocycles. The molecular weight excluding hydrogens is 652 g/mol. The molecule has 0 fully saturated rings. The van der Waals surface area contributed by atoms with Crippen molar-refractivity contribution in [2.24, 2.45) is 10.8 Å². The molecule has 52 heavy (non-hydrogen) atoms. The number of ether oxygens (including phenoxy) is 2. The Morgan fingerprint density at radius 2 is 0.923 bits per heavy atom. The van der Waals surface area contributed by atoms with Crippen molar-refractivity contribution in [3.05, 3.63) is 72.3 Å². The van der Waals surface area contributed by atoms with Crippen LogP contribution in [0.4, 0.5) is 9.59 Å². The summed E-state index contributed by atoms with van der Waals surface area (Å²) in [6, 6.07) is 20.3. The van der Waals surface area contributed by atoms with E-state index in [4.69, 9.17) is 19.4 Å². The summed E-state index contributed by atoms with van der Waals surface area (Å²) in [6.07, 6.45) is -0.952. The second-order valence-electron chi connectivity index (χ2n) is 17.9. The molecule has 6 aromatic rings. The van der Waals surface area contributed by atoms with E-state index in [1.54, 1.807) is 0 Å². The minimum atomic E-state index is -0.605. The molecule has 0 saturated carbocycles. The zero-order valence-corrected chi connectivity index (χ0v) is 32.5. The number of H-pyrrole nitrogens is 2. The third-order valence-electron chi connectivity index (χ3n) is 8.92. The van der Waals surface area contributed by atoms with Gasteiger partial charge in [-0.25, -0.2) is 19.6 Å². The Bertz CT molecular complexity index is 2140. The van der Waals surface area contributed by atoms with Crippen molar-refractivity contribution in [1.82, 2.24) is 30.6 Å². The zero-order chi connectivity index (χ0) is 38.0. The van der Waals surface area contributed by atoms with E-state index >= 15 is 0 Å². The van der Waals surface area contributed by atoms with Crippen molar-refractivity contribution in [3.8, 4) is 11.1 Å². The topological polar surface area (TPSA) is 134 Å². The maximum Gasteiger partial charge on any atom is 0.408 e. The van der Waals surface area contributed by atoms with Gasteiger partial charge >= 0.3 is 12.2 Å². The minimum absolute atomic E-state index is 0.321. The van der Waals surface area contributed by atoms with Gasteiger partial charge in [-0.15, -0.1) is 0 Å². The van der Waals surface area contributed by atoms with E-state index in [0.717, 1.165) is 54.7 Å². The van der Waals surface area contributed by atoms with Crippen LogP contribution in [-0.2, 0) is 9.47 Å². The van der Waals surface area contributed by atoms with Crippen molar-refractivity contribution >= 4 is 55.8 Å². The number of alkyl carbamates (subject to hydrolysis) is 2. The zero-order valence-electron chi connectivity index (χ0n) is 32.5. The lowest BCUT2D eigenvalue weighted by atomic mass is 9.86. The lowest BCUT2D eigenvalue weighted by Crippen LogP contribution is -2.40. The second-order valence-corrected chi connectivity index (χ2v) is 17.9. The molecule has 4 N–H and O–H groups in total. The normalized spacial score (nSPS) is 14.2. The first-order chi connectivity index (χ1) is 24.1. The third kappa shape index (κ3) is 7.86. The van der Waals surface area contributed by atoms with Gasteiger partial charge in [-0.1, -0.05) is 77.9 Å². The Labute approximate surface area is 305 Å². The van der Waals surface area contributed by atoms with Gasteiger partial charge in [0, 0.05) is 10.8 Å². The summed E-state index contributed by atoms with van der Waals surface area (Å²) in [4.78, 5) is 42.4. The van der Waals surface area contributed by atoms with Gasteiger partial charge in [0.05, 0.1) is 34.2 Å². The predicted molar refractivity (Wildman–Crippen MR) is 209 cm³/mol. The molecule has 2 atom stereocenters. The maximum absolute atomic E-state index is 12.8. The van der Waals surface area contributed by atoms with Gasteiger partial charge < -0.3 is 30.1 Å². The fourth-order valence-corrected chi connectivity index (χ4v) is 6.53. The van der Waals surface area contributed by atoms with Crippen LogP contribution in [0.5, 0.6) is 0 Å². The quantitative estimate of drug-likeness (QED) is 0.141. The number of aromatic amines is 2. The van der Waals surface area contributed by atoms with Gasteiger partial charge in [-0.3, -0.25) is 0 Å². The number of nitrogens with one attached hydrogen (secondary N) is 4. The lowest BCUT2D eigenvalue weighted by molar-refractivity contribution is 0.0448. The predicted octanol–water partition coefficient (Wildman–Crippen LogP) is 10.6. The van der Waals surface area contributed by atoms with Crippen molar-refractivity contribution in [2.45, 2.75) is 106 Å². The molecule has 10 heteroatoms. The number of nitrogens with zero attached hydrogens (tertiary/aromatic N) is 2. The molecule has 0 bridgehead atoms. The fourth-order valence-electron chi connectivity index (χ4n) is 6.53. The summed E-state index contributed by atoms with van der Waals surface area (Å²) in [7, 11) is 0. The highest BCUT2D eigenvalue weighted by Gasteiger charge is 2.34. The van der Waals surface area contributed by atoms with Crippen molar-refractivity contribution < 1.29 is 19.1 Å². The number of hydrogen-bond acceptors (Lipinski definition) is 6. The number of amides is 2. The molecule has 2 unspecified atom stereocenters. The Kier molecular flexibility index (Phi) is 9.04. The molecule has 0 saturated heterocycles. The standard InChI is InChI=1S/C42H52N6O4/c1-39(2,3)33(47-37(49)51-41(7,8)9)35-43-29-19-15-25-21-23(13-17-27(25)31(29)45-35)24-14-18-28-26(22-24)16-20-30-32(28)46-36(44-30)34(40(4,5)6)48-38(50)52-42(10,11)12/h13-22,33-34H,1-12H3,(H,43,45)(H,44,46)(H,47,49)(H,48,50). The van der Waals surface area contributed by atoms with Gasteiger partial charge in [-0.05, 0) is 98.5 Å². The highest BCUT2D eigenvalue weighted by atomic mass is 16.6. The van der Waals surface area contributed by atoms with Crippen molar-refractivity contribution in [1.29, 1.82) is 0 Å². The average Bonchev–Trinajstić information content (AvgIpc) is 3.64. The molecular formula is C42H52N6O4. The monoisotopic (exact) mass is 704 g/mol. The van der Waals surface area contributed by atoms with E-state index in [0.29, 0.717) is 11.6 Å². The molecule has 0 aliphatic carbocycles. The van der Waals surface area contributed by atoms with E-state index in [1.807, 2.05) is 53.7 Å². The molecule has 0 radical (unpaired) electrons. The van der Waals surface area contributed by atoms with E-state index in [2.05, 4.69) is 111 Å². The summed E-state index contributed by atoms with van der Waals surface area (Å²) >= 11 is 0. The van der Waals surface area contributed by atoms with Crippen molar-refractivity contribution in [2.75, 3.05) is 0 Å². The number of benzene rings is 4. The van der Waals surface area contributed by atoms with Crippen LogP contribution in [0.3, 0.4) is 0 Å². The Hall–Kier alpha value is -5.12. The van der Waals surface area contributed by atoms with Gasteiger partial charge in [0.1, 0.15) is 22.9 Å².